The number of nitrogens with one attached hydrogen (secondary N) is 1. The monoisotopic (exact) mass is 320 g/mol. The maximum atomic E-state index is 12.0. The SMILES string of the molecule is Cc1cc(C)n(CCCNC(=O)C(C)n2cc([N+](=O)[O-])cn2)n1. The average molecular weight is 320 g/mol. The predicted molar refractivity (Wildman–Crippen MR) is 82.9 cm³/mol. The van der Waals surface area contributed by atoms with Crippen molar-refractivity contribution in [1.82, 2.24) is 24.9 Å². The van der Waals surface area contributed by atoms with Crippen molar-refractivity contribution in [2.75, 3.05) is 6.54 Å². The van der Waals surface area contributed by atoms with Gasteiger partial charge in [-0.15, -0.1) is 0 Å². The van der Waals surface area contributed by atoms with Gasteiger partial charge in [-0.3, -0.25) is 24.3 Å². The predicted octanol–water partition coefficient (Wildman–Crippen LogP) is 1.37. The first-order valence-electron chi connectivity index (χ1n) is 7.36. The number of aryl methyl sites for hydroxylation is 3. The van der Waals surface area contributed by atoms with Crippen LogP contribution in [0.1, 0.15) is 30.8 Å². The van der Waals surface area contributed by atoms with Crippen molar-refractivity contribution in [2.24, 2.45) is 0 Å². The molecule has 2 rings (SSSR count). The molecule has 1 amide bonds. The van der Waals surface area contributed by atoms with Gasteiger partial charge in [0, 0.05) is 18.8 Å². The molecule has 0 radical (unpaired) electrons. The third-order valence-electron chi connectivity index (χ3n) is 3.52. The Morgan fingerprint density at radius 2 is 2.22 bits per heavy atom. The van der Waals surface area contributed by atoms with Crippen LogP contribution in [0.3, 0.4) is 0 Å². The van der Waals surface area contributed by atoms with E-state index in [1.165, 1.54) is 10.9 Å². The summed E-state index contributed by atoms with van der Waals surface area (Å²) in [5, 5.41) is 21.6. The summed E-state index contributed by atoms with van der Waals surface area (Å²) in [5.74, 6) is -0.226. The van der Waals surface area contributed by atoms with Gasteiger partial charge in [-0.2, -0.15) is 10.2 Å². The van der Waals surface area contributed by atoms with E-state index in [9.17, 15) is 14.9 Å². The molecule has 1 N–H and O–H groups in total. The number of carbonyl (C=O) groups excluding carboxylic acids is 1. The van der Waals surface area contributed by atoms with Crippen LogP contribution in [0.5, 0.6) is 0 Å². The Labute approximate surface area is 133 Å². The summed E-state index contributed by atoms with van der Waals surface area (Å²) in [6, 6.07) is 1.41. The number of rotatable bonds is 7. The van der Waals surface area contributed by atoms with Crippen molar-refractivity contribution < 1.29 is 9.72 Å². The molecule has 0 fully saturated rings. The third kappa shape index (κ3) is 4.15. The van der Waals surface area contributed by atoms with Gasteiger partial charge in [-0.25, -0.2) is 0 Å². The maximum absolute atomic E-state index is 12.0. The Hall–Kier alpha value is -2.71. The maximum Gasteiger partial charge on any atom is 0.307 e. The van der Waals surface area contributed by atoms with Crippen molar-refractivity contribution in [3.63, 3.8) is 0 Å². The fraction of sp³-hybridized carbons (Fsp3) is 0.500. The molecule has 0 aromatic carbocycles. The summed E-state index contributed by atoms with van der Waals surface area (Å²) in [6.45, 7) is 6.81. The van der Waals surface area contributed by atoms with Gasteiger partial charge in [0.2, 0.25) is 5.91 Å². The van der Waals surface area contributed by atoms with Crippen molar-refractivity contribution in [3.05, 3.63) is 40.0 Å². The lowest BCUT2D eigenvalue weighted by Gasteiger charge is -2.12. The molecule has 0 spiro atoms. The van der Waals surface area contributed by atoms with E-state index in [2.05, 4.69) is 15.5 Å². The lowest BCUT2D eigenvalue weighted by atomic mass is 10.3. The minimum atomic E-state index is -0.600. The van der Waals surface area contributed by atoms with E-state index in [4.69, 9.17) is 0 Å². The van der Waals surface area contributed by atoms with E-state index in [1.807, 2.05) is 24.6 Å². The van der Waals surface area contributed by atoms with Gasteiger partial charge in [0.05, 0.1) is 10.6 Å². The molecule has 1 unspecified atom stereocenters. The van der Waals surface area contributed by atoms with E-state index in [-0.39, 0.29) is 11.6 Å². The molecule has 124 valence electrons. The highest BCUT2D eigenvalue weighted by atomic mass is 16.6. The van der Waals surface area contributed by atoms with E-state index in [0.717, 1.165) is 30.6 Å². The number of hydrogen-bond acceptors (Lipinski definition) is 5. The van der Waals surface area contributed by atoms with Crippen molar-refractivity contribution in [1.29, 1.82) is 0 Å². The second-order valence-corrected chi connectivity index (χ2v) is 5.41. The van der Waals surface area contributed by atoms with Crippen LogP contribution in [0.15, 0.2) is 18.5 Å². The second-order valence-electron chi connectivity index (χ2n) is 5.41. The molecule has 1 atom stereocenters. The average Bonchev–Trinajstić information content (AvgIpc) is 3.09. The summed E-state index contributed by atoms with van der Waals surface area (Å²) in [4.78, 5) is 22.1. The molecule has 2 aromatic heterocycles. The molecule has 0 aliphatic heterocycles. The summed E-state index contributed by atoms with van der Waals surface area (Å²) < 4.78 is 3.19. The van der Waals surface area contributed by atoms with Crippen LogP contribution in [0, 0.1) is 24.0 Å². The molecule has 9 heteroatoms. The molecule has 0 aliphatic rings. The van der Waals surface area contributed by atoms with Crippen LogP contribution in [-0.4, -0.2) is 36.9 Å². The molecule has 0 saturated carbocycles. The van der Waals surface area contributed by atoms with Crippen LogP contribution >= 0.6 is 0 Å². The van der Waals surface area contributed by atoms with E-state index >= 15 is 0 Å². The molecule has 2 heterocycles. The van der Waals surface area contributed by atoms with Crippen molar-refractivity contribution >= 4 is 11.6 Å². The largest absolute Gasteiger partial charge is 0.354 e. The highest BCUT2D eigenvalue weighted by Crippen LogP contribution is 2.12. The number of nitro groups is 1. The zero-order chi connectivity index (χ0) is 17.0. The number of nitrogens with zero attached hydrogens (tertiary/aromatic N) is 5. The summed E-state index contributed by atoms with van der Waals surface area (Å²) in [6.07, 6.45) is 3.13. The van der Waals surface area contributed by atoms with Crippen LogP contribution in [0.25, 0.3) is 0 Å². The van der Waals surface area contributed by atoms with Gasteiger partial charge in [0.15, 0.2) is 0 Å². The smallest absolute Gasteiger partial charge is 0.307 e. The second kappa shape index (κ2) is 7.03. The third-order valence-corrected chi connectivity index (χ3v) is 3.52. The summed E-state index contributed by atoms with van der Waals surface area (Å²) in [5.41, 5.74) is 1.93. The molecule has 0 bridgehead atoms. The van der Waals surface area contributed by atoms with Gasteiger partial charge in [-0.05, 0) is 33.3 Å². The Kier molecular flexibility index (Phi) is 5.09. The quantitative estimate of drug-likeness (QED) is 0.471. The minimum Gasteiger partial charge on any atom is -0.354 e. The topological polar surface area (TPSA) is 108 Å². The number of aromatic nitrogens is 4. The van der Waals surface area contributed by atoms with E-state index < -0.39 is 11.0 Å². The van der Waals surface area contributed by atoms with Gasteiger partial charge in [0.25, 0.3) is 0 Å². The summed E-state index contributed by atoms with van der Waals surface area (Å²) in [7, 11) is 0. The number of carbonyl (C=O) groups is 1. The Morgan fingerprint density at radius 3 is 2.78 bits per heavy atom. The first kappa shape index (κ1) is 16.7. The summed E-state index contributed by atoms with van der Waals surface area (Å²) >= 11 is 0. The first-order valence-corrected chi connectivity index (χ1v) is 7.36. The molecule has 0 saturated heterocycles. The van der Waals surface area contributed by atoms with Crippen LogP contribution in [0.2, 0.25) is 0 Å². The fourth-order valence-electron chi connectivity index (χ4n) is 2.24. The molecule has 23 heavy (non-hydrogen) atoms. The zero-order valence-corrected chi connectivity index (χ0v) is 13.4. The fourth-order valence-corrected chi connectivity index (χ4v) is 2.24. The Balaban J connectivity index is 1.79. The molecule has 9 nitrogen and oxygen atoms in total. The van der Waals surface area contributed by atoms with Gasteiger partial charge in [0.1, 0.15) is 18.4 Å². The normalized spacial score (nSPS) is 12.1. The highest BCUT2D eigenvalue weighted by Gasteiger charge is 2.18. The molecular formula is C14H20N6O3. The molecule has 2 aromatic rings. The Morgan fingerprint density at radius 1 is 1.48 bits per heavy atom. The van der Waals surface area contributed by atoms with Gasteiger partial charge in [-0.1, -0.05) is 0 Å². The van der Waals surface area contributed by atoms with Gasteiger partial charge < -0.3 is 5.32 Å². The van der Waals surface area contributed by atoms with Crippen LogP contribution in [0.4, 0.5) is 5.69 Å². The first-order chi connectivity index (χ1) is 10.9. The lowest BCUT2D eigenvalue weighted by molar-refractivity contribution is -0.385. The highest BCUT2D eigenvalue weighted by molar-refractivity contribution is 5.79. The van der Waals surface area contributed by atoms with E-state index in [0.29, 0.717) is 6.54 Å². The van der Waals surface area contributed by atoms with Gasteiger partial charge >= 0.3 is 5.69 Å². The Bertz CT molecular complexity index is 705. The number of amides is 1. The molecular weight excluding hydrogens is 300 g/mol. The zero-order valence-electron chi connectivity index (χ0n) is 13.4. The van der Waals surface area contributed by atoms with Crippen molar-refractivity contribution in [3.8, 4) is 0 Å². The van der Waals surface area contributed by atoms with Crippen LogP contribution in [-0.2, 0) is 11.3 Å². The molecule has 0 aliphatic carbocycles. The minimum absolute atomic E-state index is 0.130. The number of hydrogen-bond donors (Lipinski definition) is 1. The van der Waals surface area contributed by atoms with Crippen molar-refractivity contribution in [2.45, 2.75) is 39.8 Å². The van der Waals surface area contributed by atoms with Crippen LogP contribution < -0.4 is 5.32 Å². The standard InChI is InChI=1S/C14H20N6O3/c1-10-7-11(2)18(17-10)6-4-5-15-14(21)12(3)19-9-13(8-16-19)20(22)23/h7-9,12H,4-6H2,1-3H3,(H,15,21). The van der Waals surface area contributed by atoms with E-state index in [1.54, 1.807) is 6.92 Å². The lowest BCUT2D eigenvalue weighted by Crippen LogP contribution is -2.32.